The third kappa shape index (κ3) is 1.34. The molecule has 0 aliphatic heterocycles. The van der Waals surface area contributed by atoms with Crippen molar-refractivity contribution in [2.45, 2.75) is 6.92 Å². The second-order valence-electron chi connectivity index (χ2n) is 2.94. The number of benzene rings is 1. The van der Waals surface area contributed by atoms with Crippen LogP contribution in [0.2, 0.25) is 0 Å². The van der Waals surface area contributed by atoms with Crippen molar-refractivity contribution in [3.63, 3.8) is 0 Å². The number of hydrogen-bond acceptors (Lipinski definition) is 3. The lowest BCUT2D eigenvalue weighted by atomic mass is 10.2. The van der Waals surface area contributed by atoms with Crippen LogP contribution < -0.4 is 5.48 Å². The van der Waals surface area contributed by atoms with Crippen LogP contribution in [0, 0.1) is 6.92 Å². The lowest BCUT2D eigenvalue weighted by molar-refractivity contribution is 0.389. The van der Waals surface area contributed by atoms with Gasteiger partial charge in [-0.25, -0.2) is 0 Å². The molecule has 0 aliphatic rings. The molecule has 3 heteroatoms. The molecule has 0 radical (unpaired) electrons. The summed E-state index contributed by atoms with van der Waals surface area (Å²) in [5.41, 5.74) is 4.51. The summed E-state index contributed by atoms with van der Waals surface area (Å²) in [6, 6.07) is 9.55. The van der Waals surface area contributed by atoms with Crippen LogP contribution in [0.15, 0.2) is 30.3 Å². The number of fused-ring (bicyclic) bond motifs is 1. The van der Waals surface area contributed by atoms with Crippen LogP contribution in [0.25, 0.3) is 10.9 Å². The molecule has 1 aromatic heterocycles. The predicted molar refractivity (Wildman–Crippen MR) is 51.9 cm³/mol. The normalized spacial score (nSPS) is 10.3. The smallest absolute Gasteiger partial charge is 0.0959 e. The minimum absolute atomic E-state index is 0.640. The van der Waals surface area contributed by atoms with Crippen molar-refractivity contribution < 1.29 is 5.21 Å². The highest BCUT2D eigenvalue weighted by atomic mass is 16.5. The van der Waals surface area contributed by atoms with E-state index < -0.39 is 0 Å². The number of nitrogens with zero attached hydrogens (tertiary/aromatic N) is 1. The van der Waals surface area contributed by atoms with Gasteiger partial charge in [0.2, 0.25) is 0 Å². The molecule has 0 bridgehead atoms. The lowest BCUT2D eigenvalue weighted by Gasteiger charge is -2.03. The molecule has 2 aromatic rings. The van der Waals surface area contributed by atoms with Gasteiger partial charge in [0.25, 0.3) is 0 Å². The van der Waals surface area contributed by atoms with E-state index in [2.05, 4.69) is 10.5 Å². The van der Waals surface area contributed by atoms with E-state index in [1.165, 1.54) is 0 Å². The highest BCUT2D eigenvalue weighted by Crippen LogP contribution is 2.20. The van der Waals surface area contributed by atoms with Gasteiger partial charge in [-0.1, -0.05) is 18.2 Å². The summed E-state index contributed by atoms with van der Waals surface area (Å²) >= 11 is 0. The Bertz CT molecular complexity index is 440. The van der Waals surface area contributed by atoms with E-state index in [1.54, 1.807) is 6.07 Å². The molecule has 0 spiro atoms. The van der Waals surface area contributed by atoms with Gasteiger partial charge in [0.15, 0.2) is 0 Å². The van der Waals surface area contributed by atoms with Crippen LogP contribution in [-0.2, 0) is 0 Å². The zero-order valence-electron chi connectivity index (χ0n) is 7.28. The standard InChI is InChI=1S/C10H10N2O/c1-7-5-6-8-3-2-4-9(12-13)10(8)11-7/h2-6,12-13H,1H3. The van der Waals surface area contributed by atoms with Gasteiger partial charge in [-0.3, -0.25) is 15.7 Å². The Balaban J connectivity index is 2.79. The molecule has 0 saturated heterocycles. The van der Waals surface area contributed by atoms with Crippen molar-refractivity contribution in [2.24, 2.45) is 0 Å². The Morgan fingerprint density at radius 3 is 2.85 bits per heavy atom. The Morgan fingerprint density at radius 1 is 1.23 bits per heavy atom. The first-order chi connectivity index (χ1) is 6.31. The van der Waals surface area contributed by atoms with E-state index in [0.717, 1.165) is 16.6 Å². The first kappa shape index (κ1) is 8.01. The summed E-state index contributed by atoms with van der Waals surface area (Å²) in [5, 5.41) is 9.85. The number of nitrogens with one attached hydrogen (secondary N) is 1. The van der Waals surface area contributed by atoms with Crippen molar-refractivity contribution in [3.8, 4) is 0 Å². The van der Waals surface area contributed by atoms with Crippen molar-refractivity contribution >= 4 is 16.6 Å². The SMILES string of the molecule is Cc1ccc2cccc(NO)c2n1. The van der Waals surface area contributed by atoms with Gasteiger partial charge in [0.1, 0.15) is 0 Å². The van der Waals surface area contributed by atoms with Gasteiger partial charge in [-0.2, -0.15) is 0 Å². The average molecular weight is 174 g/mol. The predicted octanol–water partition coefficient (Wildman–Crippen LogP) is 2.34. The first-order valence-electron chi connectivity index (χ1n) is 4.08. The Labute approximate surface area is 76.0 Å². The maximum absolute atomic E-state index is 8.84. The Kier molecular flexibility index (Phi) is 1.87. The average Bonchev–Trinajstić information content (AvgIpc) is 2.17. The molecule has 13 heavy (non-hydrogen) atoms. The number of aromatic nitrogens is 1. The zero-order valence-corrected chi connectivity index (χ0v) is 7.28. The summed E-state index contributed by atoms with van der Waals surface area (Å²) < 4.78 is 0. The summed E-state index contributed by atoms with van der Waals surface area (Å²) in [6.07, 6.45) is 0. The fourth-order valence-corrected chi connectivity index (χ4v) is 1.33. The van der Waals surface area contributed by atoms with Gasteiger partial charge in [0.05, 0.1) is 11.2 Å². The highest BCUT2D eigenvalue weighted by molar-refractivity contribution is 5.89. The molecular formula is C10H10N2O. The van der Waals surface area contributed by atoms with E-state index in [4.69, 9.17) is 5.21 Å². The summed E-state index contributed by atoms with van der Waals surface area (Å²) in [4.78, 5) is 4.32. The van der Waals surface area contributed by atoms with Gasteiger partial charge in [-0.05, 0) is 19.1 Å². The summed E-state index contributed by atoms with van der Waals surface area (Å²) in [5.74, 6) is 0. The monoisotopic (exact) mass is 174 g/mol. The molecule has 1 aromatic carbocycles. The third-order valence-corrected chi connectivity index (χ3v) is 1.98. The molecule has 3 nitrogen and oxygen atoms in total. The second-order valence-corrected chi connectivity index (χ2v) is 2.94. The summed E-state index contributed by atoms with van der Waals surface area (Å²) in [6.45, 7) is 1.92. The molecule has 0 aliphatic carbocycles. The molecule has 1 heterocycles. The maximum Gasteiger partial charge on any atom is 0.0959 e. The van der Waals surface area contributed by atoms with E-state index in [1.807, 2.05) is 31.2 Å². The van der Waals surface area contributed by atoms with Crippen molar-refractivity contribution in [1.29, 1.82) is 0 Å². The van der Waals surface area contributed by atoms with Crippen molar-refractivity contribution in [1.82, 2.24) is 4.98 Å². The van der Waals surface area contributed by atoms with E-state index in [0.29, 0.717) is 5.69 Å². The van der Waals surface area contributed by atoms with Crippen LogP contribution in [0.1, 0.15) is 5.69 Å². The number of aryl methyl sites for hydroxylation is 1. The van der Waals surface area contributed by atoms with E-state index in [9.17, 15) is 0 Å². The van der Waals surface area contributed by atoms with Crippen LogP contribution in [0.4, 0.5) is 5.69 Å². The molecule has 2 rings (SSSR count). The fraction of sp³-hybridized carbons (Fsp3) is 0.100. The highest BCUT2D eigenvalue weighted by Gasteiger charge is 2.00. The second kappa shape index (κ2) is 3.03. The van der Waals surface area contributed by atoms with Gasteiger partial charge in [-0.15, -0.1) is 0 Å². The minimum Gasteiger partial charge on any atom is -0.291 e. The molecule has 66 valence electrons. The molecule has 0 amide bonds. The molecule has 2 N–H and O–H groups in total. The van der Waals surface area contributed by atoms with Crippen molar-refractivity contribution in [2.75, 3.05) is 5.48 Å². The van der Waals surface area contributed by atoms with Crippen LogP contribution in [0.5, 0.6) is 0 Å². The fourth-order valence-electron chi connectivity index (χ4n) is 1.33. The van der Waals surface area contributed by atoms with Gasteiger partial charge < -0.3 is 0 Å². The van der Waals surface area contributed by atoms with Crippen LogP contribution in [-0.4, -0.2) is 10.2 Å². The van der Waals surface area contributed by atoms with Crippen LogP contribution >= 0.6 is 0 Å². The Morgan fingerprint density at radius 2 is 2.08 bits per heavy atom. The summed E-state index contributed by atoms with van der Waals surface area (Å²) in [7, 11) is 0. The number of pyridine rings is 1. The molecule has 0 saturated carbocycles. The largest absolute Gasteiger partial charge is 0.291 e. The Hall–Kier alpha value is -1.61. The zero-order chi connectivity index (χ0) is 9.26. The van der Waals surface area contributed by atoms with E-state index >= 15 is 0 Å². The molecule has 0 unspecified atom stereocenters. The quantitative estimate of drug-likeness (QED) is 0.652. The topological polar surface area (TPSA) is 45.1 Å². The number of anilines is 1. The maximum atomic E-state index is 8.84. The third-order valence-electron chi connectivity index (χ3n) is 1.98. The number of hydrogen-bond donors (Lipinski definition) is 2. The lowest BCUT2D eigenvalue weighted by Crippen LogP contribution is -1.92. The van der Waals surface area contributed by atoms with Crippen LogP contribution in [0.3, 0.4) is 0 Å². The molecular weight excluding hydrogens is 164 g/mol. The molecule has 0 fully saturated rings. The van der Waals surface area contributed by atoms with Gasteiger partial charge >= 0.3 is 0 Å². The molecule has 0 atom stereocenters. The van der Waals surface area contributed by atoms with E-state index in [-0.39, 0.29) is 0 Å². The minimum atomic E-state index is 0.640. The number of para-hydroxylation sites is 1. The van der Waals surface area contributed by atoms with Gasteiger partial charge in [0, 0.05) is 11.1 Å². The first-order valence-corrected chi connectivity index (χ1v) is 4.08. The van der Waals surface area contributed by atoms with Crippen molar-refractivity contribution in [3.05, 3.63) is 36.0 Å². The number of rotatable bonds is 1.